The second-order valence-electron chi connectivity index (χ2n) is 10.0. The van der Waals surface area contributed by atoms with E-state index in [4.69, 9.17) is 5.73 Å². The van der Waals surface area contributed by atoms with Gasteiger partial charge >= 0.3 is 0 Å². The third kappa shape index (κ3) is 8.70. The van der Waals surface area contributed by atoms with Crippen molar-refractivity contribution in [1.29, 1.82) is 0 Å². The fraction of sp³-hybridized carbons (Fsp3) is 0.355. The molecule has 39 heavy (non-hydrogen) atoms. The third-order valence-electron chi connectivity index (χ3n) is 7.00. The van der Waals surface area contributed by atoms with Crippen molar-refractivity contribution in [3.63, 3.8) is 0 Å². The van der Waals surface area contributed by atoms with Crippen LogP contribution in [0.15, 0.2) is 60.7 Å². The molecule has 2 amide bonds. The van der Waals surface area contributed by atoms with E-state index in [2.05, 4.69) is 23.6 Å². The topological polar surface area (TPSA) is 104 Å². The van der Waals surface area contributed by atoms with E-state index in [0.29, 0.717) is 12.2 Å². The molecule has 0 aliphatic carbocycles. The molecular weight excluding hydrogens is 500 g/mol. The van der Waals surface area contributed by atoms with Gasteiger partial charge in [0.1, 0.15) is 11.6 Å². The zero-order valence-corrected chi connectivity index (χ0v) is 22.6. The van der Waals surface area contributed by atoms with E-state index in [-0.39, 0.29) is 24.9 Å². The molecule has 1 unspecified atom stereocenters. The average Bonchev–Trinajstić information content (AvgIpc) is 2.87. The number of nitrogens with two attached hydrogens (primary N) is 1. The number of carbonyl (C=O) groups excluding carboxylic acids is 2. The largest absolute Gasteiger partial charge is 0.391 e. The molecule has 3 aromatic rings. The minimum Gasteiger partial charge on any atom is -0.391 e. The van der Waals surface area contributed by atoms with E-state index in [9.17, 15) is 23.5 Å². The first-order valence-electron chi connectivity index (χ1n) is 13.1. The number of primary amides is 1. The molecule has 0 spiro atoms. The minimum absolute atomic E-state index is 0.0485. The standard InChI is InChI=1S/C31H37F2N3O3/c1-4-21-9-6-10-22(11-21)17-35-18-28(37)26(14-23-12-24(32)15-25(33)13-23)27(31(34)39)16-29(38)36-30-19(2)7-5-8-20(30)3/h5-13,15,26-28,35,37H,4,14,16-18H2,1-3H3,(H2,34,39)(H,36,38)/t26-,27?,28-/m0/s1. The summed E-state index contributed by atoms with van der Waals surface area (Å²) in [5.41, 5.74) is 10.6. The van der Waals surface area contributed by atoms with E-state index >= 15 is 0 Å². The summed E-state index contributed by atoms with van der Waals surface area (Å²) in [7, 11) is 0. The fourth-order valence-corrected chi connectivity index (χ4v) is 4.89. The number of carbonyl (C=O) groups is 2. The molecule has 0 aromatic heterocycles. The van der Waals surface area contributed by atoms with Crippen LogP contribution in [0.4, 0.5) is 14.5 Å². The Bertz CT molecular complexity index is 1260. The van der Waals surface area contributed by atoms with Gasteiger partial charge in [-0.25, -0.2) is 8.78 Å². The molecule has 0 radical (unpaired) electrons. The lowest BCUT2D eigenvalue weighted by atomic mass is 9.80. The molecule has 6 nitrogen and oxygen atoms in total. The van der Waals surface area contributed by atoms with Crippen molar-refractivity contribution in [2.75, 3.05) is 11.9 Å². The lowest BCUT2D eigenvalue weighted by Gasteiger charge is -2.29. The number of halogens is 2. The molecule has 3 atom stereocenters. The highest BCUT2D eigenvalue weighted by atomic mass is 19.1. The summed E-state index contributed by atoms with van der Waals surface area (Å²) >= 11 is 0. The van der Waals surface area contributed by atoms with Crippen LogP contribution < -0.4 is 16.4 Å². The van der Waals surface area contributed by atoms with Crippen LogP contribution in [-0.2, 0) is 29.0 Å². The smallest absolute Gasteiger partial charge is 0.225 e. The van der Waals surface area contributed by atoms with Gasteiger partial charge < -0.3 is 21.5 Å². The Balaban J connectivity index is 1.80. The number of hydrogen-bond donors (Lipinski definition) is 4. The van der Waals surface area contributed by atoms with Gasteiger partial charge in [-0.2, -0.15) is 0 Å². The van der Waals surface area contributed by atoms with Crippen molar-refractivity contribution >= 4 is 17.5 Å². The first-order valence-corrected chi connectivity index (χ1v) is 13.1. The molecule has 0 aliphatic heterocycles. The van der Waals surface area contributed by atoms with Gasteiger partial charge in [0.05, 0.1) is 12.0 Å². The number of hydrogen-bond acceptors (Lipinski definition) is 4. The maximum absolute atomic E-state index is 13.9. The number of aliphatic hydroxyl groups excluding tert-OH is 1. The quantitative estimate of drug-likeness (QED) is 0.256. The van der Waals surface area contributed by atoms with E-state index in [1.165, 1.54) is 5.56 Å². The van der Waals surface area contributed by atoms with Crippen LogP contribution in [0.2, 0.25) is 0 Å². The SMILES string of the molecule is CCc1cccc(CNC[C@H](O)[C@@H](Cc2cc(F)cc(F)c2)C(CC(=O)Nc2c(C)cccc2C)C(N)=O)c1. The van der Waals surface area contributed by atoms with Crippen molar-refractivity contribution < 1.29 is 23.5 Å². The number of nitrogens with one attached hydrogen (secondary N) is 2. The van der Waals surface area contributed by atoms with Gasteiger partial charge in [0.2, 0.25) is 11.8 Å². The Morgan fingerprint density at radius 3 is 2.15 bits per heavy atom. The normalized spacial score (nSPS) is 13.5. The Morgan fingerprint density at radius 1 is 0.923 bits per heavy atom. The van der Waals surface area contributed by atoms with Crippen LogP contribution in [0.5, 0.6) is 0 Å². The molecular formula is C31H37F2N3O3. The number of benzene rings is 3. The number of para-hydroxylation sites is 1. The van der Waals surface area contributed by atoms with Gasteiger partial charge in [0, 0.05) is 37.2 Å². The Hall–Kier alpha value is -3.62. The summed E-state index contributed by atoms with van der Waals surface area (Å²) in [5, 5.41) is 17.3. The highest BCUT2D eigenvalue weighted by molar-refractivity contribution is 5.95. The minimum atomic E-state index is -1.13. The van der Waals surface area contributed by atoms with E-state index in [1.807, 2.05) is 50.2 Å². The number of amides is 2. The second-order valence-corrected chi connectivity index (χ2v) is 10.0. The van der Waals surface area contributed by atoms with Crippen LogP contribution in [-0.4, -0.2) is 29.6 Å². The molecule has 0 heterocycles. The Morgan fingerprint density at radius 2 is 1.54 bits per heavy atom. The Kier molecular flexibility index (Phi) is 10.7. The summed E-state index contributed by atoms with van der Waals surface area (Å²) in [4.78, 5) is 25.7. The van der Waals surface area contributed by atoms with Crippen molar-refractivity contribution in [2.45, 2.75) is 52.7 Å². The van der Waals surface area contributed by atoms with Crippen LogP contribution in [0, 0.1) is 37.3 Å². The van der Waals surface area contributed by atoms with Crippen LogP contribution in [0.25, 0.3) is 0 Å². The van der Waals surface area contributed by atoms with Gasteiger partial charge in [-0.1, -0.05) is 49.4 Å². The number of anilines is 1. The van der Waals surface area contributed by atoms with E-state index in [0.717, 1.165) is 41.3 Å². The van der Waals surface area contributed by atoms with Crippen molar-refractivity contribution in [1.82, 2.24) is 5.32 Å². The molecule has 3 rings (SSSR count). The Labute approximate surface area is 228 Å². The third-order valence-corrected chi connectivity index (χ3v) is 7.00. The number of aliphatic hydroxyl groups is 1. The second kappa shape index (κ2) is 14.0. The first kappa shape index (κ1) is 29.9. The molecule has 0 fully saturated rings. The summed E-state index contributed by atoms with van der Waals surface area (Å²) < 4.78 is 27.9. The molecule has 3 aromatic carbocycles. The van der Waals surface area contributed by atoms with Crippen LogP contribution in [0.1, 0.15) is 41.2 Å². The molecule has 0 aliphatic rings. The number of rotatable bonds is 13. The zero-order valence-electron chi connectivity index (χ0n) is 22.6. The lowest BCUT2D eigenvalue weighted by Crippen LogP contribution is -2.43. The maximum atomic E-state index is 13.9. The first-order chi connectivity index (χ1) is 18.6. The summed E-state index contributed by atoms with van der Waals surface area (Å²) in [6.45, 7) is 6.35. The highest BCUT2D eigenvalue weighted by Gasteiger charge is 2.34. The molecule has 0 saturated heterocycles. The van der Waals surface area contributed by atoms with E-state index in [1.54, 1.807) is 0 Å². The summed E-state index contributed by atoms with van der Waals surface area (Å²) in [6, 6.07) is 16.7. The monoisotopic (exact) mass is 537 g/mol. The fourth-order valence-electron chi connectivity index (χ4n) is 4.89. The van der Waals surface area contributed by atoms with Gasteiger partial charge in [0.25, 0.3) is 0 Å². The van der Waals surface area contributed by atoms with Crippen LogP contribution >= 0.6 is 0 Å². The summed E-state index contributed by atoms with van der Waals surface area (Å²) in [5.74, 6) is -4.71. The van der Waals surface area contributed by atoms with Gasteiger partial charge in [-0.15, -0.1) is 0 Å². The number of aryl methyl sites for hydroxylation is 3. The molecule has 208 valence electrons. The molecule has 8 heteroatoms. The maximum Gasteiger partial charge on any atom is 0.225 e. The highest BCUT2D eigenvalue weighted by Crippen LogP contribution is 2.27. The van der Waals surface area contributed by atoms with E-state index < -0.39 is 41.4 Å². The molecule has 5 N–H and O–H groups in total. The van der Waals surface area contributed by atoms with Crippen LogP contribution in [0.3, 0.4) is 0 Å². The van der Waals surface area contributed by atoms with Gasteiger partial charge in [0.15, 0.2) is 0 Å². The summed E-state index contributed by atoms with van der Waals surface area (Å²) in [6.07, 6.45) is -0.572. The van der Waals surface area contributed by atoms with Crippen molar-refractivity contribution in [3.8, 4) is 0 Å². The predicted molar refractivity (Wildman–Crippen MR) is 149 cm³/mol. The molecule has 0 saturated carbocycles. The zero-order chi connectivity index (χ0) is 28.5. The lowest BCUT2D eigenvalue weighted by molar-refractivity contribution is -0.129. The van der Waals surface area contributed by atoms with Gasteiger partial charge in [-0.05, 0) is 66.6 Å². The molecule has 0 bridgehead atoms. The van der Waals surface area contributed by atoms with Crippen molar-refractivity contribution in [3.05, 3.63) is 100 Å². The average molecular weight is 538 g/mol. The predicted octanol–water partition coefficient (Wildman–Crippen LogP) is 4.58. The van der Waals surface area contributed by atoms with Gasteiger partial charge in [-0.3, -0.25) is 9.59 Å². The van der Waals surface area contributed by atoms with Crippen molar-refractivity contribution in [2.24, 2.45) is 17.6 Å².